The van der Waals surface area contributed by atoms with Gasteiger partial charge < -0.3 is 4.74 Å². The molecule has 5 aromatic carbocycles. The summed E-state index contributed by atoms with van der Waals surface area (Å²) in [7, 11) is 0. The number of hydrogen-bond donors (Lipinski definition) is 0. The Bertz CT molecular complexity index is 1630. The zero-order valence-corrected chi connectivity index (χ0v) is 22.8. The number of fused-ring (bicyclic) bond motifs is 3. The van der Waals surface area contributed by atoms with Crippen molar-refractivity contribution in [3.8, 4) is 22.3 Å². The van der Waals surface area contributed by atoms with Crippen LogP contribution in [0, 0.1) is 0 Å². The summed E-state index contributed by atoms with van der Waals surface area (Å²) in [4.78, 5) is 26.6. The Kier molecular flexibility index (Phi) is 7.60. The zero-order valence-electron chi connectivity index (χ0n) is 22.0. The van der Waals surface area contributed by atoms with E-state index in [-0.39, 0.29) is 18.3 Å². The molecule has 0 aliphatic heterocycles. The first-order valence-electron chi connectivity index (χ1n) is 13.5. The molecule has 0 spiro atoms. The van der Waals surface area contributed by atoms with E-state index in [1.54, 1.807) is 11.8 Å². The predicted molar refractivity (Wildman–Crippen MR) is 161 cm³/mol. The van der Waals surface area contributed by atoms with Gasteiger partial charge in [-0.05, 0) is 57.5 Å². The van der Waals surface area contributed by atoms with Crippen LogP contribution in [0.4, 0.5) is 0 Å². The van der Waals surface area contributed by atoms with Gasteiger partial charge in [0.25, 0.3) is 0 Å². The van der Waals surface area contributed by atoms with Gasteiger partial charge in [-0.2, -0.15) is 0 Å². The summed E-state index contributed by atoms with van der Waals surface area (Å²) >= 11 is 1.56. The molecule has 0 heterocycles. The summed E-state index contributed by atoms with van der Waals surface area (Å²) in [6.07, 6.45) is 1.71. The maximum atomic E-state index is 13.0. The lowest BCUT2D eigenvalue weighted by Gasteiger charge is -2.15. The van der Waals surface area contributed by atoms with Crippen molar-refractivity contribution in [2.45, 2.75) is 28.6 Å². The van der Waals surface area contributed by atoms with Gasteiger partial charge in [0.1, 0.15) is 6.61 Å². The number of aryl methyl sites for hydroxylation is 1. The highest BCUT2D eigenvalue weighted by Crippen LogP contribution is 2.44. The standard InChI is InChI=1S/C36H28O3S/c37-23-28-12-4-9-17-34(28)40-35-20-18-26(25-10-2-1-3-11-25)22-27(35)19-21-36(38)39-24-33-31-15-7-5-13-29(31)30-14-6-8-16-32(30)33/h1-18,20,22-23,33H,19,21,24H2. The van der Waals surface area contributed by atoms with Gasteiger partial charge in [-0.15, -0.1) is 0 Å². The molecular formula is C36H28O3S. The largest absolute Gasteiger partial charge is 0.465 e. The topological polar surface area (TPSA) is 43.4 Å². The highest BCUT2D eigenvalue weighted by Gasteiger charge is 2.29. The second-order valence-electron chi connectivity index (χ2n) is 9.86. The second kappa shape index (κ2) is 11.8. The van der Waals surface area contributed by atoms with Crippen molar-refractivity contribution in [2.24, 2.45) is 0 Å². The smallest absolute Gasteiger partial charge is 0.306 e. The fourth-order valence-electron chi connectivity index (χ4n) is 5.40. The van der Waals surface area contributed by atoms with Crippen molar-refractivity contribution in [1.29, 1.82) is 0 Å². The molecule has 0 amide bonds. The molecule has 0 aromatic heterocycles. The van der Waals surface area contributed by atoms with E-state index in [2.05, 4.69) is 66.7 Å². The number of carbonyl (C=O) groups excluding carboxylic acids is 2. The molecule has 6 rings (SSSR count). The normalized spacial score (nSPS) is 12.0. The number of rotatable bonds is 9. The molecule has 1 aliphatic rings. The molecule has 1 aliphatic carbocycles. The summed E-state index contributed by atoms with van der Waals surface area (Å²) in [5.41, 5.74) is 8.77. The molecule has 0 fully saturated rings. The molecule has 40 heavy (non-hydrogen) atoms. The molecule has 196 valence electrons. The van der Waals surface area contributed by atoms with Crippen LogP contribution in [-0.4, -0.2) is 18.9 Å². The maximum absolute atomic E-state index is 13.0. The SMILES string of the molecule is O=Cc1ccccc1Sc1ccc(-c2ccccc2)cc1CCC(=O)OCC1c2ccccc2-c2ccccc21. The molecule has 0 unspecified atom stereocenters. The molecule has 0 saturated heterocycles. The minimum atomic E-state index is -0.212. The third-order valence-electron chi connectivity index (χ3n) is 7.41. The van der Waals surface area contributed by atoms with Crippen molar-refractivity contribution >= 4 is 24.0 Å². The first kappa shape index (κ1) is 25.8. The molecule has 0 saturated carbocycles. The lowest BCUT2D eigenvalue weighted by atomic mass is 9.98. The van der Waals surface area contributed by atoms with Crippen LogP contribution in [-0.2, 0) is 16.0 Å². The molecular weight excluding hydrogens is 512 g/mol. The van der Waals surface area contributed by atoms with Gasteiger partial charge in [-0.3, -0.25) is 9.59 Å². The van der Waals surface area contributed by atoms with Gasteiger partial charge in [-0.25, -0.2) is 0 Å². The van der Waals surface area contributed by atoms with Crippen molar-refractivity contribution in [1.82, 2.24) is 0 Å². The molecule has 0 atom stereocenters. The molecule has 3 nitrogen and oxygen atoms in total. The van der Waals surface area contributed by atoms with Crippen molar-refractivity contribution < 1.29 is 14.3 Å². The summed E-state index contributed by atoms with van der Waals surface area (Å²) in [6.45, 7) is 0.325. The first-order chi connectivity index (χ1) is 19.7. The van der Waals surface area contributed by atoms with E-state index in [9.17, 15) is 9.59 Å². The minimum absolute atomic E-state index is 0.0451. The van der Waals surface area contributed by atoms with Crippen LogP contribution in [0.2, 0.25) is 0 Å². The molecule has 0 bridgehead atoms. The van der Waals surface area contributed by atoms with E-state index in [1.165, 1.54) is 22.3 Å². The fraction of sp³-hybridized carbons (Fsp3) is 0.111. The highest BCUT2D eigenvalue weighted by atomic mass is 32.2. The Morgan fingerprint density at radius 2 is 1.35 bits per heavy atom. The third kappa shape index (κ3) is 5.36. The van der Waals surface area contributed by atoms with Crippen molar-refractivity contribution in [2.75, 3.05) is 6.61 Å². The molecule has 0 radical (unpaired) electrons. The number of benzene rings is 5. The van der Waals surface area contributed by atoms with E-state index >= 15 is 0 Å². The van der Waals surface area contributed by atoms with Crippen LogP contribution in [0.5, 0.6) is 0 Å². The Balaban J connectivity index is 1.20. The number of hydrogen-bond acceptors (Lipinski definition) is 4. The average molecular weight is 541 g/mol. The van der Waals surface area contributed by atoms with E-state index in [4.69, 9.17) is 4.74 Å². The van der Waals surface area contributed by atoms with Crippen LogP contribution >= 0.6 is 11.8 Å². The Morgan fingerprint density at radius 3 is 2.08 bits per heavy atom. The fourth-order valence-corrected chi connectivity index (χ4v) is 6.44. The van der Waals surface area contributed by atoms with Crippen molar-refractivity contribution in [3.63, 3.8) is 0 Å². The van der Waals surface area contributed by atoms with E-state index in [0.29, 0.717) is 18.6 Å². The summed E-state index contributed by atoms with van der Waals surface area (Å²) in [5.74, 6) is -0.167. The van der Waals surface area contributed by atoms with Gasteiger partial charge in [0.05, 0.1) is 0 Å². The first-order valence-corrected chi connectivity index (χ1v) is 14.3. The summed E-state index contributed by atoms with van der Waals surface area (Å²) in [5, 5.41) is 0. The number of esters is 1. The van der Waals surface area contributed by atoms with Gasteiger partial charge in [0, 0.05) is 27.7 Å². The Hall–Kier alpha value is -4.41. The maximum Gasteiger partial charge on any atom is 0.306 e. The van der Waals surface area contributed by atoms with Gasteiger partial charge in [-0.1, -0.05) is 121 Å². The monoisotopic (exact) mass is 540 g/mol. The zero-order chi connectivity index (χ0) is 27.3. The third-order valence-corrected chi connectivity index (χ3v) is 8.62. The van der Waals surface area contributed by atoms with Gasteiger partial charge in [0.15, 0.2) is 6.29 Å². The van der Waals surface area contributed by atoms with Gasteiger partial charge in [0.2, 0.25) is 0 Å². The van der Waals surface area contributed by atoms with E-state index < -0.39 is 0 Å². The van der Waals surface area contributed by atoms with Crippen molar-refractivity contribution in [3.05, 3.63) is 144 Å². The quantitative estimate of drug-likeness (QED) is 0.139. The van der Waals surface area contributed by atoms with Crippen LogP contribution in [0.3, 0.4) is 0 Å². The number of carbonyl (C=O) groups is 2. The number of ether oxygens (including phenoxy) is 1. The molecule has 5 aromatic rings. The van der Waals surface area contributed by atoms with Crippen LogP contribution in [0.25, 0.3) is 22.3 Å². The van der Waals surface area contributed by atoms with Crippen LogP contribution in [0.1, 0.15) is 39.4 Å². The molecule has 0 N–H and O–H groups in total. The van der Waals surface area contributed by atoms with Gasteiger partial charge >= 0.3 is 5.97 Å². The lowest BCUT2D eigenvalue weighted by Crippen LogP contribution is -2.13. The van der Waals surface area contributed by atoms with Crippen LogP contribution in [0.15, 0.2) is 131 Å². The molecule has 4 heteroatoms. The number of aldehydes is 1. The predicted octanol–water partition coefficient (Wildman–Crippen LogP) is 8.61. The minimum Gasteiger partial charge on any atom is -0.465 e. The summed E-state index contributed by atoms with van der Waals surface area (Å²) < 4.78 is 5.88. The average Bonchev–Trinajstić information content (AvgIpc) is 3.33. The second-order valence-corrected chi connectivity index (χ2v) is 10.9. The summed E-state index contributed by atoms with van der Waals surface area (Å²) in [6, 6.07) is 40.8. The highest BCUT2D eigenvalue weighted by molar-refractivity contribution is 7.99. The van der Waals surface area contributed by atoms with E-state index in [0.717, 1.165) is 32.8 Å². The van der Waals surface area contributed by atoms with Crippen LogP contribution < -0.4 is 0 Å². The van der Waals surface area contributed by atoms with E-state index in [1.807, 2.05) is 54.6 Å². The Morgan fingerprint density at radius 1 is 0.700 bits per heavy atom. The Labute approximate surface area is 238 Å². The lowest BCUT2D eigenvalue weighted by molar-refractivity contribution is -0.143.